The summed E-state index contributed by atoms with van der Waals surface area (Å²) in [6, 6.07) is 0. The number of carbonyl (C=O) groups excluding carboxylic acids is 2. The Labute approximate surface area is 157 Å². The Morgan fingerprint density at radius 1 is 1.35 bits per heavy atom. The number of aliphatic hydroxyl groups excluding tert-OH is 1. The van der Waals surface area contributed by atoms with Crippen molar-refractivity contribution in [2.75, 3.05) is 6.61 Å². The van der Waals surface area contributed by atoms with E-state index in [-0.39, 0.29) is 23.7 Å². The predicted octanol–water partition coefficient (Wildman–Crippen LogP) is 4.19. The number of rotatable bonds is 3. The molecular formula is C23H34O3. The van der Waals surface area contributed by atoms with Crippen molar-refractivity contribution in [3.8, 4) is 0 Å². The largest absolute Gasteiger partial charge is 0.389 e. The average Bonchev–Trinajstić information content (AvgIpc) is 2.92. The van der Waals surface area contributed by atoms with E-state index in [1.165, 1.54) is 12.0 Å². The van der Waals surface area contributed by atoms with E-state index in [9.17, 15) is 14.7 Å². The van der Waals surface area contributed by atoms with Crippen LogP contribution in [0, 0.1) is 46.8 Å². The van der Waals surface area contributed by atoms with Gasteiger partial charge in [-0.05, 0) is 79.1 Å². The molecule has 0 aromatic carbocycles. The van der Waals surface area contributed by atoms with E-state index in [1.54, 1.807) is 0 Å². The number of Topliss-reactive ketones (excluding diaryl/α,β-unsaturated/α-hetero) is 1. The molecule has 0 spiro atoms. The first-order chi connectivity index (χ1) is 12.4. The minimum Gasteiger partial charge on any atom is -0.389 e. The molecule has 4 rings (SSSR count). The van der Waals surface area contributed by atoms with E-state index in [1.807, 2.05) is 6.08 Å². The zero-order valence-electron chi connectivity index (χ0n) is 16.5. The van der Waals surface area contributed by atoms with Crippen LogP contribution >= 0.6 is 0 Å². The van der Waals surface area contributed by atoms with Crippen molar-refractivity contribution in [2.45, 2.75) is 65.7 Å². The second-order valence-electron chi connectivity index (χ2n) is 9.91. The fourth-order valence-corrected chi connectivity index (χ4v) is 7.90. The number of carbonyl (C=O) groups is 2. The second kappa shape index (κ2) is 6.58. The van der Waals surface area contributed by atoms with Crippen LogP contribution in [0.1, 0.15) is 65.7 Å². The summed E-state index contributed by atoms with van der Waals surface area (Å²) in [4.78, 5) is 24.6. The molecule has 26 heavy (non-hydrogen) atoms. The number of fused-ring (bicyclic) bond motifs is 5. The van der Waals surface area contributed by atoms with Crippen LogP contribution in [0.25, 0.3) is 0 Å². The van der Waals surface area contributed by atoms with Crippen LogP contribution in [0.2, 0.25) is 0 Å². The van der Waals surface area contributed by atoms with Gasteiger partial charge in [0.25, 0.3) is 0 Å². The zero-order valence-corrected chi connectivity index (χ0v) is 16.5. The minimum atomic E-state index is -0.301. The first-order valence-electron chi connectivity index (χ1n) is 10.8. The van der Waals surface area contributed by atoms with Gasteiger partial charge in [0, 0.05) is 12.3 Å². The summed E-state index contributed by atoms with van der Waals surface area (Å²) in [5.74, 6) is 4.04. The summed E-state index contributed by atoms with van der Waals surface area (Å²) in [6.45, 7) is 6.63. The molecule has 3 fully saturated rings. The standard InChI is InChI=1S/C23H34O3/c1-4-14-11-19-21-13(2)9-15-10-16(25)5-6-17(15)18(21)7-8-23(19,3)22(14)20(26)12-24/h10,13-14,17-19,21-22,24H,4-9,11-12H2,1-3H3/t13-,14-,17?,18-,19+,21-,22?,23+/m1/s1. The fraction of sp³-hybridized carbons (Fsp3) is 0.826. The van der Waals surface area contributed by atoms with Gasteiger partial charge in [0.15, 0.2) is 11.6 Å². The van der Waals surface area contributed by atoms with Gasteiger partial charge >= 0.3 is 0 Å². The highest BCUT2D eigenvalue weighted by molar-refractivity contribution is 5.91. The van der Waals surface area contributed by atoms with Crippen molar-refractivity contribution in [3.63, 3.8) is 0 Å². The normalized spacial score (nSPS) is 47.6. The van der Waals surface area contributed by atoms with Crippen LogP contribution in [0.5, 0.6) is 0 Å². The average molecular weight is 359 g/mol. The molecule has 3 saturated carbocycles. The Morgan fingerprint density at radius 2 is 2.12 bits per heavy atom. The second-order valence-corrected chi connectivity index (χ2v) is 9.91. The molecule has 4 aliphatic carbocycles. The van der Waals surface area contributed by atoms with Gasteiger partial charge in [-0.1, -0.05) is 32.8 Å². The Hall–Kier alpha value is -0.960. The molecule has 0 aromatic heterocycles. The summed E-state index contributed by atoms with van der Waals surface area (Å²) in [7, 11) is 0. The molecule has 0 aromatic rings. The molecule has 0 heterocycles. The molecule has 3 heteroatoms. The third-order valence-electron chi connectivity index (χ3n) is 8.84. The highest BCUT2D eigenvalue weighted by Crippen LogP contribution is 2.66. The van der Waals surface area contributed by atoms with E-state index >= 15 is 0 Å². The Kier molecular flexibility index (Phi) is 4.66. The van der Waals surface area contributed by atoms with Crippen LogP contribution < -0.4 is 0 Å². The van der Waals surface area contributed by atoms with Gasteiger partial charge in [-0.3, -0.25) is 9.59 Å². The SMILES string of the molecule is CC[C@@H]1C[C@H]2[C@@H]3[C@H](C)CC4=CC(=O)CCC4[C@H]3CC[C@]2(C)C1C(=O)CO. The molecular weight excluding hydrogens is 324 g/mol. The first kappa shape index (κ1) is 18.4. The van der Waals surface area contributed by atoms with Gasteiger partial charge < -0.3 is 5.11 Å². The van der Waals surface area contributed by atoms with Crippen LogP contribution in [-0.4, -0.2) is 23.3 Å². The number of hydrogen-bond acceptors (Lipinski definition) is 3. The summed E-state index contributed by atoms with van der Waals surface area (Å²) in [5, 5.41) is 9.59. The van der Waals surface area contributed by atoms with Crippen LogP contribution in [-0.2, 0) is 9.59 Å². The lowest BCUT2D eigenvalue weighted by Crippen LogP contribution is -2.50. The maximum absolute atomic E-state index is 12.7. The number of allylic oxidation sites excluding steroid dienone is 1. The van der Waals surface area contributed by atoms with Crippen LogP contribution in [0.4, 0.5) is 0 Å². The quantitative estimate of drug-likeness (QED) is 0.823. The molecule has 2 unspecified atom stereocenters. The van der Waals surface area contributed by atoms with Gasteiger partial charge in [-0.15, -0.1) is 0 Å². The van der Waals surface area contributed by atoms with Gasteiger partial charge in [0.2, 0.25) is 0 Å². The number of ketones is 2. The molecule has 8 atom stereocenters. The van der Waals surface area contributed by atoms with Gasteiger partial charge in [0.05, 0.1) is 0 Å². The highest BCUT2D eigenvalue weighted by Gasteiger charge is 2.61. The minimum absolute atomic E-state index is 0.0422. The van der Waals surface area contributed by atoms with Gasteiger partial charge in [-0.2, -0.15) is 0 Å². The Bertz CT molecular complexity index is 635. The lowest BCUT2D eigenvalue weighted by molar-refractivity contribution is -0.134. The maximum Gasteiger partial charge on any atom is 0.162 e. The van der Waals surface area contributed by atoms with Gasteiger partial charge in [-0.25, -0.2) is 0 Å². The number of hydrogen-bond donors (Lipinski definition) is 1. The molecule has 4 aliphatic rings. The van der Waals surface area contributed by atoms with Crippen molar-refractivity contribution >= 4 is 11.6 Å². The maximum atomic E-state index is 12.7. The van der Waals surface area contributed by atoms with E-state index in [2.05, 4.69) is 20.8 Å². The summed E-state index contributed by atoms with van der Waals surface area (Å²) >= 11 is 0. The van der Waals surface area contributed by atoms with E-state index < -0.39 is 0 Å². The third-order valence-corrected chi connectivity index (χ3v) is 8.84. The molecule has 0 bridgehead atoms. The van der Waals surface area contributed by atoms with E-state index in [0.717, 1.165) is 38.5 Å². The lowest BCUT2D eigenvalue weighted by atomic mass is 9.48. The Balaban J connectivity index is 1.68. The van der Waals surface area contributed by atoms with Gasteiger partial charge in [0.1, 0.15) is 6.61 Å². The zero-order chi connectivity index (χ0) is 18.6. The smallest absolute Gasteiger partial charge is 0.162 e. The topological polar surface area (TPSA) is 54.4 Å². The van der Waals surface area contributed by atoms with Crippen LogP contribution in [0.3, 0.4) is 0 Å². The van der Waals surface area contributed by atoms with Crippen molar-refractivity contribution in [1.29, 1.82) is 0 Å². The molecule has 0 aliphatic heterocycles. The van der Waals surface area contributed by atoms with Crippen molar-refractivity contribution < 1.29 is 14.7 Å². The van der Waals surface area contributed by atoms with Crippen molar-refractivity contribution in [3.05, 3.63) is 11.6 Å². The fourth-order valence-electron chi connectivity index (χ4n) is 7.90. The predicted molar refractivity (Wildman–Crippen MR) is 101 cm³/mol. The van der Waals surface area contributed by atoms with E-state index in [4.69, 9.17) is 0 Å². The highest BCUT2D eigenvalue weighted by atomic mass is 16.3. The van der Waals surface area contributed by atoms with Crippen LogP contribution in [0.15, 0.2) is 11.6 Å². The lowest BCUT2D eigenvalue weighted by Gasteiger charge is -2.56. The third kappa shape index (κ3) is 2.57. The molecule has 0 amide bonds. The van der Waals surface area contributed by atoms with E-state index in [0.29, 0.717) is 41.3 Å². The summed E-state index contributed by atoms with van der Waals surface area (Å²) in [6.07, 6.45) is 9.28. The first-order valence-corrected chi connectivity index (χ1v) is 10.8. The molecule has 3 nitrogen and oxygen atoms in total. The number of aliphatic hydroxyl groups is 1. The monoisotopic (exact) mass is 358 g/mol. The summed E-state index contributed by atoms with van der Waals surface area (Å²) < 4.78 is 0. The molecule has 0 radical (unpaired) electrons. The summed E-state index contributed by atoms with van der Waals surface area (Å²) in [5.41, 5.74) is 1.48. The molecule has 144 valence electrons. The Morgan fingerprint density at radius 3 is 2.81 bits per heavy atom. The molecule has 0 saturated heterocycles. The van der Waals surface area contributed by atoms with Crippen molar-refractivity contribution in [2.24, 2.45) is 46.8 Å². The van der Waals surface area contributed by atoms with Crippen molar-refractivity contribution in [1.82, 2.24) is 0 Å². The molecule has 1 N–H and O–H groups in total.